The average Bonchev–Trinajstić information content (AvgIpc) is 2.44. The zero-order valence-corrected chi connectivity index (χ0v) is 12.9. The van der Waals surface area contributed by atoms with Gasteiger partial charge in [-0.1, -0.05) is 35.6 Å². The van der Waals surface area contributed by atoms with Crippen molar-refractivity contribution >= 4 is 11.6 Å². The van der Waals surface area contributed by atoms with Crippen molar-refractivity contribution in [2.75, 3.05) is 6.61 Å². The number of halogens is 1. The van der Waals surface area contributed by atoms with Crippen LogP contribution >= 0.6 is 11.6 Å². The highest BCUT2D eigenvalue weighted by molar-refractivity contribution is 6.30. The Hall–Kier alpha value is -1.95. The second-order valence-electron chi connectivity index (χ2n) is 4.82. The van der Waals surface area contributed by atoms with Gasteiger partial charge in [-0.05, 0) is 54.8 Å². The van der Waals surface area contributed by atoms with Crippen LogP contribution in [-0.2, 0) is 6.61 Å². The van der Waals surface area contributed by atoms with E-state index in [9.17, 15) is 0 Å². The van der Waals surface area contributed by atoms with Gasteiger partial charge in [-0.3, -0.25) is 0 Å². The summed E-state index contributed by atoms with van der Waals surface area (Å²) < 4.78 is 5.91. The molecule has 2 rings (SSSR count). The maximum atomic E-state index is 8.72. The quantitative estimate of drug-likeness (QED) is 0.872. The Balaban J connectivity index is 2.13. The Morgan fingerprint density at radius 3 is 2.52 bits per heavy atom. The molecule has 0 fully saturated rings. The largest absolute Gasteiger partial charge is 0.488 e. The summed E-state index contributed by atoms with van der Waals surface area (Å²) in [7, 11) is 0. The number of aliphatic hydroxyl groups is 1. The predicted molar refractivity (Wildman–Crippen MR) is 85.7 cm³/mol. The number of aryl methyl sites for hydroxylation is 2. The maximum Gasteiger partial charge on any atom is 0.125 e. The summed E-state index contributed by atoms with van der Waals surface area (Å²) in [5.41, 5.74) is 3.95. The highest BCUT2D eigenvalue weighted by Crippen LogP contribution is 2.27. The summed E-state index contributed by atoms with van der Waals surface area (Å²) in [5.74, 6) is 6.40. The van der Waals surface area contributed by atoms with Crippen molar-refractivity contribution in [3.63, 3.8) is 0 Å². The Labute approximate surface area is 130 Å². The molecule has 0 bridgehead atoms. The fourth-order valence-corrected chi connectivity index (χ4v) is 2.49. The van der Waals surface area contributed by atoms with Gasteiger partial charge in [0, 0.05) is 10.6 Å². The van der Waals surface area contributed by atoms with Crippen molar-refractivity contribution in [2.45, 2.75) is 20.5 Å². The molecule has 0 spiro atoms. The number of hydrogen-bond donors (Lipinski definition) is 1. The van der Waals surface area contributed by atoms with Crippen LogP contribution in [0.25, 0.3) is 0 Å². The van der Waals surface area contributed by atoms with Gasteiger partial charge in [0.25, 0.3) is 0 Å². The number of ether oxygens (including phenoxy) is 1. The average molecular weight is 301 g/mol. The third-order valence-corrected chi connectivity index (χ3v) is 3.27. The topological polar surface area (TPSA) is 29.5 Å². The molecule has 21 heavy (non-hydrogen) atoms. The Morgan fingerprint density at radius 1 is 1.14 bits per heavy atom. The number of hydrogen-bond acceptors (Lipinski definition) is 2. The van der Waals surface area contributed by atoms with E-state index in [0.717, 1.165) is 33.0 Å². The van der Waals surface area contributed by atoms with Gasteiger partial charge in [-0.25, -0.2) is 0 Å². The summed E-state index contributed by atoms with van der Waals surface area (Å²) in [5, 5.41) is 9.44. The van der Waals surface area contributed by atoms with Gasteiger partial charge in [0.15, 0.2) is 0 Å². The van der Waals surface area contributed by atoms with E-state index in [4.69, 9.17) is 21.4 Å². The van der Waals surface area contributed by atoms with Gasteiger partial charge in [-0.15, -0.1) is 0 Å². The van der Waals surface area contributed by atoms with Crippen LogP contribution in [0, 0.1) is 25.7 Å². The molecule has 0 amide bonds. The van der Waals surface area contributed by atoms with Crippen LogP contribution in [0.5, 0.6) is 5.75 Å². The van der Waals surface area contributed by atoms with E-state index in [1.54, 1.807) is 0 Å². The third kappa shape index (κ3) is 4.26. The van der Waals surface area contributed by atoms with Crippen LogP contribution in [0.15, 0.2) is 36.4 Å². The fourth-order valence-electron chi connectivity index (χ4n) is 2.16. The second-order valence-corrected chi connectivity index (χ2v) is 5.25. The Kier molecular flexibility index (Phi) is 5.27. The van der Waals surface area contributed by atoms with Gasteiger partial charge in [0.2, 0.25) is 0 Å². The summed E-state index contributed by atoms with van der Waals surface area (Å²) >= 11 is 6.02. The molecule has 1 N–H and O–H groups in total. The van der Waals surface area contributed by atoms with E-state index in [1.165, 1.54) is 0 Å². The van der Waals surface area contributed by atoms with Crippen molar-refractivity contribution in [3.05, 3.63) is 63.7 Å². The van der Waals surface area contributed by atoms with Crippen molar-refractivity contribution < 1.29 is 9.84 Å². The lowest BCUT2D eigenvalue weighted by molar-refractivity contribution is 0.302. The van der Waals surface area contributed by atoms with Gasteiger partial charge in [-0.2, -0.15) is 0 Å². The van der Waals surface area contributed by atoms with Crippen molar-refractivity contribution in [2.24, 2.45) is 0 Å². The van der Waals surface area contributed by atoms with E-state index in [-0.39, 0.29) is 6.61 Å². The van der Waals surface area contributed by atoms with E-state index in [1.807, 2.05) is 50.2 Å². The number of aliphatic hydroxyl groups excluding tert-OH is 1. The van der Waals surface area contributed by atoms with Crippen LogP contribution in [0.3, 0.4) is 0 Å². The zero-order chi connectivity index (χ0) is 15.2. The molecule has 2 nitrogen and oxygen atoms in total. The first kappa shape index (κ1) is 15.4. The first-order valence-corrected chi connectivity index (χ1v) is 7.06. The van der Waals surface area contributed by atoms with E-state index >= 15 is 0 Å². The summed E-state index contributed by atoms with van der Waals surface area (Å²) in [6, 6.07) is 11.6. The summed E-state index contributed by atoms with van der Waals surface area (Å²) in [4.78, 5) is 0. The molecular formula is C18H17ClO2. The molecule has 0 saturated carbocycles. The Bertz CT molecular complexity index is 673. The normalized spacial score (nSPS) is 9.90. The molecule has 0 aliphatic rings. The highest BCUT2D eigenvalue weighted by Gasteiger charge is 2.06. The molecule has 0 aliphatic carbocycles. The highest BCUT2D eigenvalue weighted by atomic mass is 35.5. The SMILES string of the molecule is Cc1cc(Cl)cc(C)c1OCc1cccc(C#CCO)c1. The zero-order valence-electron chi connectivity index (χ0n) is 12.1. The minimum Gasteiger partial charge on any atom is -0.488 e. The lowest BCUT2D eigenvalue weighted by atomic mass is 10.1. The number of rotatable bonds is 3. The summed E-state index contributed by atoms with van der Waals surface area (Å²) in [6.07, 6.45) is 0. The molecule has 0 aliphatic heterocycles. The van der Waals surface area contributed by atoms with Crippen LogP contribution in [-0.4, -0.2) is 11.7 Å². The van der Waals surface area contributed by atoms with Crippen LogP contribution in [0.4, 0.5) is 0 Å². The lowest BCUT2D eigenvalue weighted by Crippen LogP contribution is -1.99. The van der Waals surface area contributed by atoms with Crippen LogP contribution < -0.4 is 4.74 Å². The van der Waals surface area contributed by atoms with Gasteiger partial charge in [0.05, 0.1) is 0 Å². The van der Waals surface area contributed by atoms with Crippen LogP contribution in [0.1, 0.15) is 22.3 Å². The molecule has 108 valence electrons. The molecule has 3 heteroatoms. The minimum absolute atomic E-state index is 0.135. The first-order chi connectivity index (χ1) is 10.1. The minimum atomic E-state index is -0.135. The lowest BCUT2D eigenvalue weighted by Gasteiger charge is -2.12. The first-order valence-electron chi connectivity index (χ1n) is 6.68. The monoisotopic (exact) mass is 300 g/mol. The van der Waals surface area contributed by atoms with Crippen LogP contribution in [0.2, 0.25) is 5.02 Å². The maximum absolute atomic E-state index is 8.72. The molecule has 2 aromatic carbocycles. The van der Waals surface area contributed by atoms with Gasteiger partial charge in [0.1, 0.15) is 19.0 Å². The predicted octanol–water partition coefficient (Wildman–Crippen LogP) is 3.88. The van der Waals surface area contributed by atoms with Crippen molar-refractivity contribution in [3.8, 4) is 17.6 Å². The molecular weight excluding hydrogens is 284 g/mol. The molecule has 0 unspecified atom stereocenters. The molecule has 0 atom stereocenters. The molecule has 0 saturated heterocycles. The van der Waals surface area contributed by atoms with Crippen molar-refractivity contribution in [1.29, 1.82) is 0 Å². The van der Waals surface area contributed by atoms with E-state index < -0.39 is 0 Å². The van der Waals surface area contributed by atoms with Gasteiger partial charge >= 0.3 is 0 Å². The van der Waals surface area contributed by atoms with E-state index in [0.29, 0.717) is 6.61 Å². The standard InChI is InChI=1S/C18H17ClO2/c1-13-9-17(19)10-14(2)18(13)21-12-16-6-3-5-15(11-16)7-4-8-20/h3,5-6,9-11,20H,8,12H2,1-2H3. The molecule has 0 radical (unpaired) electrons. The van der Waals surface area contributed by atoms with E-state index in [2.05, 4.69) is 11.8 Å². The summed E-state index contributed by atoms with van der Waals surface area (Å²) in [6.45, 7) is 4.30. The Morgan fingerprint density at radius 2 is 1.86 bits per heavy atom. The molecule has 2 aromatic rings. The fraction of sp³-hybridized carbons (Fsp3) is 0.222. The molecule has 0 aromatic heterocycles. The van der Waals surface area contributed by atoms with Crippen molar-refractivity contribution in [1.82, 2.24) is 0 Å². The van der Waals surface area contributed by atoms with Gasteiger partial charge < -0.3 is 9.84 Å². The third-order valence-electron chi connectivity index (χ3n) is 3.05. The second kappa shape index (κ2) is 7.17. The smallest absolute Gasteiger partial charge is 0.125 e. The molecule has 0 heterocycles. The number of benzene rings is 2.